The fourth-order valence-electron chi connectivity index (χ4n) is 2.60. The molecule has 2 aromatic carbocycles. The van der Waals surface area contributed by atoms with Gasteiger partial charge in [0.05, 0.1) is 23.9 Å². The highest BCUT2D eigenvalue weighted by Crippen LogP contribution is 2.36. The van der Waals surface area contributed by atoms with Crippen LogP contribution in [0.15, 0.2) is 36.4 Å². The lowest BCUT2D eigenvalue weighted by atomic mass is 10.0. The first-order valence-electron chi connectivity index (χ1n) is 6.56. The second-order valence-corrected chi connectivity index (χ2v) is 4.85. The molecule has 106 valence electrons. The first-order chi connectivity index (χ1) is 10.2. The molecule has 0 aliphatic rings. The van der Waals surface area contributed by atoms with Gasteiger partial charge >= 0.3 is 0 Å². The second kappa shape index (κ2) is 5.05. The van der Waals surface area contributed by atoms with Crippen molar-refractivity contribution in [2.24, 2.45) is 0 Å². The molecule has 1 N–H and O–H groups in total. The molecule has 0 saturated carbocycles. The van der Waals surface area contributed by atoms with E-state index in [-0.39, 0.29) is 0 Å². The number of aromatic amines is 1. The number of nitrogens with one attached hydrogen (secondary N) is 1. The lowest BCUT2D eigenvalue weighted by molar-refractivity contribution is 0.112. The van der Waals surface area contributed by atoms with Crippen LogP contribution in [0.1, 0.15) is 15.9 Å². The number of aldehydes is 1. The number of ether oxygens (including phenoxy) is 1. The summed E-state index contributed by atoms with van der Waals surface area (Å²) in [6.07, 6.45) is 0.684. The molecule has 0 fully saturated rings. The van der Waals surface area contributed by atoms with Gasteiger partial charge in [-0.15, -0.1) is 0 Å². The van der Waals surface area contributed by atoms with Crippen molar-refractivity contribution < 1.29 is 13.9 Å². The molecule has 0 radical (unpaired) electrons. The number of para-hydroxylation sites is 1. The quantitative estimate of drug-likeness (QED) is 0.735. The van der Waals surface area contributed by atoms with Gasteiger partial charge in [-0.05, 0) is 30.7 Å². The molecule has 0 saturated heterocycles. The fourth-order valence-corrected chi connectivity index (χ4v) is 2.60. The van der Waals surface area contributed by atoms with E-state index >= 15 is 0 Å². The number of H-pyrrole nitrogens is 1. The molecule has 3 rings (SSSR count). The number of hydrogen-bond donors (Lipinski definition) is 1. The standard InChI is InChI=1S/C17H14FNO2/c1-10-7-8-13(18)15-12(9-20)17(19-16(10)15)11-5-3-4-6-14(11)21-2/h3-9,19H,1-2H3. The van der Waals surface area contributed by atoms with E-state index in [0.29, 0.717) is 34.2 Å². The number of fused-ring (bicyclic) bond motifs is 1. The van der Waals surface area contributed by atoms with Gasteiger partial charge in [0.25, 0.3) is 0 Å². The molecular weight excluding hydrogens is 269 g/mol. The first kappa shape index (κ1) is 13.4. The Hall–Kier alpha value is -2.62. The molecule has 0 aliphatic carbocycles. The van der Waals surface area contributed by atoms with Crippen LogP contribution in [0, 0.1) is 12.7 Å². The van der Waals surface area contributed by atoms with Crippen LogP contribution < -0.4 is 4.74 Å². The molecule has 0 unspecified atom stereocenters. The summed E-state index contributed by atoms with van der Waals surface area (Å²) in [7, 11) is 1.56. The minimum Gasteiger partial charge on any atom is -0.496 e. The molecule has 1 aromatic heterocycles. The normalized spacial score (nSPS) is 10.8. The van der Waals surface area contributed by atoms with Crippen molar-refractivity contribution in [3.8, 4) is 17.0 Å². The number of hydrogen-bond acceptors (Lipinski definition) is 2. The number of aryl methyl sites for hydroxylation is 1. The first-order valence-corrected chi connectivity index (χ1v) is 6.56. The van der Waals surface area contributed by atoms with Gasteiger partial charge in [0, 0.05) is 10.9 Å². The van der Waals surface area contributed by atoms with Crippen molar-refractivity contribution in [1.82, 2.24) is 4.98 Å². The summed E-state index contributed by atoms with van der Waals surface area (Å²) >= 11 is 0. The molecule has 21 heavy (non-hydrogen) atoms. The summed E-state index contributed by atoms with van der Waals surface area (Å²) in [5.74, 6) is 0.223. The van der Waals surface area contributed by atoms with Gasteiger partial charge in [-0.3, -0.25) is 4.79 Å². The predicted molar refractivity (Wildman–Crippen MR) is 80.4 cm³/mol. The number of benzene rings is 2. The van der Waals surface area contributed by atoms with Crippen LogP contribution in [0.25, 0.3) is 22.2 Å². The summed E-state index contributed by atoms with van der Waals surface area (Å²) in [4.78, 5) is 14.7. The Morgan fingerprint density at radius 3 is 2.67 bits per heavy atom. The SMILES string of the molecule is COc1ccccc1-c1[nH]c2c(C)ccc(F)c2c1C=O. The number of rotatable bonds is 3. The zero-order chi connectivity index (χ0) is 15.0. The van der Waals surface area contributed by atoms with Crippen LogP contribution in [0.5, 0.6) is 5.75 Å². The average Bonchev–Trinajstić information content (AvgIpc) is 2.91. The van der Waals surface area contributed by atoms with Crippen molar-refractivity contribution in [2.45, 2.75) is 6.92 Å². The van der Waals surface area contributed by atoms with Gasteiger partial charge < -0.3 is 9.72 Å². The maximum atomic E-state index is 14.1. The average molecular weight is 283 g/mol. The fraction of sp³-hybridized carbons (Fsp3) is 0.118. The van der Waals surface area contributed by atoms with Gasteiger partial charge in [-0.1, -0.05) is 18.2 Å². The Balaban J connectivity index is 2.41. The van der Waals surface area contributed by atoms with E-state index in [2.05, 4.69) is 4.98 Å². The van der Waals surface area contributed by atoms with Crippen molar-refractivity contribution >= 4 is 17.2 Å². The van der Waals surface area contributed by atoms with E-state index < -0.39 is 5.82 Å². The van der Waals surface area contributed by atoms with Gasteiger partial charge in [0.15, 0.2) is 6.29 Å². The summed E-state index contributed by atoms with van der Waals surface area (Å²) in [6.45, 7) is 1.87. The highest BCUT2D eigenvalue weighted by atomic mass is 19.1. The summed E-state index contributed by atoms with van der Waals surface area (Å²) in [5, 5.41) is 0.325. The van der Waals surface area contributed by atoms with Gasteiger partial charge in [0.2, 0.25) is 0 Å². The summed E-state index contributed by atoms with van der Waals surface area (Å²) < 4.78 is 19.4. The van der Waals surface area contributed by atoms with Crippen molar-refractivity contribution in [3.05, 3.63) is 53.3 Å². The van der Waals surface area contributed by atoms with Gasteiger partial charge in [-0.2, -0.15) is 0 Å². The number of aromatic nitrogens is 1. The van der Waals surface area contributed by atoms with Crippen molar-refractivity contribution in [1.29, 1.82) is 0 Å². The van der Waals surface area contributed by atoms with Crippen LogP contribution in [0.2, 0.25) is 0 Å². The molecule has 0 amide bonds. The minimum atomic E-state index is -0.407. The lowest BCUT2D eigenvalue weighted by Gasteiger charge is -2.07. The van der Waals surface area contributed by atoms with Crippen LogP contribution in [0.4, 0.5) is 4.39 Å². The number of halogens is 1. The lowest BCUT2D eigenvalue weighted by Crippen LogP contribution is -1.90. The van der Waals surface area contributed by atoms with Crippen LogP contribution >= 0.6 is 0 Å². The Morgan fingerprint density at radius 1 is 1.19 bits per heavy atom. The number of methoxy groups -OCH3 is 1. The Bertz CT molecular complexity index is 836. The molecule has 0 bridgehead atoms. The Kier molecular flexibility index (Phi) is 3.22. The Labute approximate surface area is 121 Å². The monoisotopic (exact) mass is 283 g/mol. The third-order valence-corrected chi connectivity index (χ3v) is 3.65. The van der Waals surface area contributed by atoms with E-state index in [1.54, 1.807) is 19.2 Å². The van der Waals surface area contributed by atoms with Crippen LogP contribution in [-0.4, -0.2) is 18.4 Å². The van der Waals surface area contributed by atoms with Crippen molar-refractivity contribution in [3.63, 3.8) is 0 Å². The zero-order valence-corrected chi connectivity index (χ0v) is 11.7. The maximum absolute atomic E-state index is 14.1. The van der Waals surface area contributed by atoms with Crippen molar-refractivity contribution in [2.75, 3.05) is 7.11 Å². The third kappa shape index (κ3) is 2.00. The molecule has 3 aromatic rings. The van der Waals surface area contributed by atoms with Crippen LogP contribution in [0.3, 0.4) is 0 Å². The maximum Gasteiger partial charge on any atom is 0.152 e. The Morgan fingerprint density at radius 2 is 1.95 bits per heavy atom. The predicted octanol–water partition coefficient (Wildman–Crippen LogP) is 4.10. The van der Waals surface area contributed by atoms with E-state index in [1.807, 2.05) is 25.1 Å². The molecule has 0 atom stereocenters. The molecule has 0 spiro atoms. The molecule has 4 heteroatoms. The van der Waals surface area contributed by atoms with Gasteiger partial charge in [0.1, 0.15) is 11.6 Å². The molecule has 3 nitrogen and oxygen atoms in total. The summed E-state index contributed by atoms with van der Waals surface area (Å²) in [5.41, 5.74) is 3.15. The molecule has 0 aliphatic heterocycles. The topological polar surface area (TPSA) is 42.1 Å². The van der Waals surface area contributed by atoms with E-state index in [9.17, 15) is 9.18 Å². The van der Waals surface area contributed by atoms with E-state index in [0.717, 1.165) is 11.1 Å². The number of carbonyl (C=O) groups is 1. The minimum absolute atomic E-state index is 0.315. The zero-order valence-electron chi connectivity index (χ0n) is 11.7. The largest absolute Gasteiger partial charge is 0.496 e. The van der Waals surface area contributed by atoms with E-state index in [1.165, 1.54) is 6.07 Å². The third-order valence-electron chi connectivity index (χ3n) is 3.65. The summed E-state index contributed by atoms with van der Waals surface area (Å²) in [6, 6.07) is 10.4. The van der Waals surface area contributed by atoms with Crippen LogP contribution in [-0.2, 0) is 0 Å². The number of carbonyl (C=O) groups excluding carboxylic acids is 1. The highest BCUT2D eigenvalue weighted by Gasteiger charge is 2.19. The van der Waals surface area contributed by atoms with E-state index in [4.69, 9.17) is 4.74 Å². The second-order valence-electron chi connectivity index (χ2n) is 4.85. The highest BCUT2D eigenvalue weighted by molar-refractivity contribution is 6.06. The molecule has 1 heterocycles. The van der Waals surface area contributed by atoms with Gasteiger partial charge in [-0.25, -0.2) is 4.39 Å². The smallest absolute Gasteiger partial charge is 0.152 e. The molecular formula is C17H14FNO2.